The molecule has 22 heavy (non-hydrogen) atoms. The van der Waals surface area contributed by atoms with Gasteiger partial charge in [-0.05, 0) is 88.3 Å². The molecule has 122 valence electrons. The van der Waals surface area contributed by atoms with Crippen LogP contribution >= 0.6 is 0 Å². The van der Waals surface area contributed by atoms with Crippen molar-refractivity contribution in [2.24, 2.45) is 11.8 Å². The highest BCUT2D eigenvalue weighted by atomic mass is 19.1. The molecule has 0 spiro atoms. The Labute approximate surface area is 134 Å². The van der Waals surface area contributed by atoms with Gasteiger partial charge in [0.05, 0.1) is 0 Å². The van der Waals surface area contributed by atoms with Crippen molar-refractivity contribution in [3.63, 3.8) is 0 Å². The number of hydrogen-bond donors (Lipinski definition) is 0. The summed E-state index contributed by atoms with van der Waals surface area (Å²) in [7, 11) is 2.23. The topological polar surface area (TPSA) is 6.48 Å². The Kier molecular flexibility index (Phi) is 5.48. The van der Waals surface area contributed by atoms with Crippen LogP contribution in [0.2, 0.25) is 0 Å². The Hall–Kier alpha value is -0.930. The van der Waals surface area contributed by atoms with E-state index >= 15 is 0 Å². The van der Waals surface area contributed by atoms with Crippen LogP contribution in [0.15, 0.2) is 24.3 Å². The van der Waals surface area contributed by atoms with Gasteiger partial charge in [-0.3, -0.25) is 0 Å². The van der Waals surface area contributed by atoms with Gasteiger partial charge in [0.25, 0.3) is 0 Å². The summed E-state index contributed by atoms with van der Waals surface area (Å²) in [5.41, 5.74) is 1.28. The largest absolute Gasteiger partial charge is 0.306 e. The van der Waals surface area contributed by atoms with Crippen LogP contribution in [0.5, 0.6) is 0 Å². The van der Waals surface area contributed by atoms with E-state index in [-0.39, 0.29) is 5.82 Å². The van der Waals surface area contributed by atoms with Crippen LogP contribution in [0.4, 0.5) is 4.39 Å². The molecule has 0 unspecified atom stereocenters. The van der Waals surface area contributed by atoms with E-state index in [0.717, 1.165) is 18.3 Å². The normalized spacial score (nSPS) is 25.5. The van der Waals surface area contributed by atoms with Crippen LogP contribution in [0.3, 0.4) is 0 Å². The third-order valence-corrected chi connectivity index (χ3v) is 5.40. The molecule has 1 aromatic carbocycles. The lowest BCUT2D eigenvalue weighted by Gasteiger charge is -2.37. The molecule has 2 fully saturated rings. The van der Waals surface area contributed by atoms with Crippen molar-refractivity contribution in [3.8, 4) is 0 Å². The summed E-state index contributed by atoms with van der Waals surface area (Å²) in [5.74, 6) is 1.50. The predicted molar refractivity (Wildman–Crippen MR) is 89.5 cm³/mol. The molecule has 2 aliphatic rings. The highest BCUT2D eigenvalue weighted by molar-refractivity contribution is 5.16. The molecule has 0 saturated carbocycles. The minimum atomic E-state index is -0.128. The molecule has 0 N–H and O–H groups in total. The van der Waals surface area contributed by atoms with Gasteiger partial charge in [0, 0.05) is 13.1 Å². The summed E-state index contributed by atoms with van der Waals surface area (Å²) in [5, 5.41) is 0. The molecule has 0 aromatic heterocycles. The number of rotatable bonds is 4. The molecule has 3 rings (SSSR count). The van der Waals surface area contributed by atoms with E-state index in [9.17, 15) is 4.39 Å². The maximum Gasteiger partial charge on any atom is 0.123 e. The summed E-state index contributed by atoms with van der Waals surface area (Å²) in [6, 6.07) is 7.08. The van der Waals surface area contributed by atoms with Crippen LogP contribution in [-0.2, 0) is 6.42 Å². The minimum Gasteiger partial charge on any atom is -0.306 e. The SMILES string of the molecule is CN1CCC(CN2CCC[C@@H](Cc3ccc(F)cc3)C2)CC1. The second kappa shape index (κ2) is 7.56. The smallest absolute Gasteiger partial charge is 0.123 e. The number of likely N-dealkylation sites (tertiary alicyclic amines) is 2. The van der Waals surface area contributed by atoms with E-state index in [1.54, 1.807) is 12.1 Å². The zero-order valence-electron chi connectivity index (χ0n) is 13.8. The van der Waals surface area contributed by atoms with E-state index in [2.05, 4.69) is 16.8 Å². The molecule has 0 amide bonds. The first kappa shape index (κ1) is 15.9. The highest BCUT2D eigenvalue weighted by Crippen LogP contribution is 2.24. The van der Waals surface area contributed by atoms with Crippen molar-refractivity contribution in [1.82, 2.24) is 9.80 Å². The van der Waals surface area contributed by atoms with Crippen molar-refractivity contribution in [3.05, 3.63) is 35.6 Å². The zero-order valence-corrected chi connectivity index (χ0v) is 13.8. The quantitative estimate of drug-likeness (QED) is 0.841. The molecule has 2 heterocycles. The molecule has 0 bridgehead atoms. The molecule has 2 saturated heterocycles. The molecule has 1 aromatic rings. The van der Waals surface area contributed by atoms with Gasteiger partial charge < -0.3 is 9.80 Å². The van der Waals surface area contributed by atoms with E-state index in [4.69, 9.17) is 0 Å². The summed E-state index contributed by atoms with van der Waals surface area (Å²) in [6.45, 7) is 6.30. The highest BCUT2D eigenvalue weighted by Gasteiger charge is 2.24. The summed E-state index contributed by atoms with van der Waals surface area (Å²) < 4.78 is 13.0. The molecule has 2 aliphatic heterocycles. The van der Waals surface area contributed by atoms with Gasteiger partial charge in [0.2, 0.25) is 0 Å². The number of halogens is 1. The fourth-order valence-electron chi connectivity index (χ4n) is 4.05. The second-order valence-electron chi connectivity index (χ2n) is 7.35. The summed E-state index contributed by atoms with van der Waals surface area (Å²) in [6.07, 6.45) is 6.45. The van der Waals surface area contributed by atoms with Gasteiger partial charge in [0.15, 0.2) is 0 Å². The molecule has 0 radical (unpaired) electrons. The van der Waals surface area contributed by atoms with Crippen molar-refractivity contribution < 1.29 is 4.39 Å². The monoisotopic (exact) mass is 304 g/mol. The number of nitrogens with zero attached hydrogens (tertiary/aromatic N) is 2. The van der Waals surface area contributed by atoms with Gasteiger partial charge in [-0.15, -0.1) is 0 Å². The fourth-order valence-corrected chi connectivity index (χ4v) is 4.05. The molecular weight excluding hydrogens is 275 g/mol. The molecule has 1 atom stereocenters. The van der Waals surface area contributed by atoms with Crippen LogP contribution in [0, 0.1) is 17.7 Å². The van der Waals surface area contributed by atoms with Crippen molar-refractivity contribution in [1.29, 1.82) is 0 Å². The maximum atomic E-state index is 13.0. The summed E-state index contributed by atoms with van der Waals surface area (Å²) >= 11 is 0. The Morgan fingerprint density at radius 3 is 2.45 bits per heavy atom. The van der Waals surface area contributed by atoms with Gasteiger partial charge in [-0.1, -0.05) is 12.1 Å². The van der Waals surface area contributed by atoms with Crippen molar-refractivity contribution in [2.45, 2.75) is 32.1 Å². The van der Waals surface area contributed by atoms with Gasteiger partial charge in [-0.2, -0.15) is 0 Å². The third kappa shape index (κ3) is 4.53. The Bertz CT molecular complexity index is 451. The average molecular weight is 304 g/mol. The first-order chi connectivity index (χ1) is 10.7. The Morgan fingerprint density at radius 2 is 1.73 bits per heavy atom. The molecular formula is C19H29FN2. The minimum absolute atomic E-state index is 0.128. The van der Waals surface area contributed by atoms with E-state index in [1.165, 1.54) is 64.0 Å². The number of piperidine rings is 2. The van der Waals surface area contributed by atoms with Crippen LogP contribution in [0.1, 0.15) is 31.2 Å². The lowest BCUT2D eigenvalue weighted by molar-refractivity contribution is 0.120. The van der Waals surface area contributed by atoms with Crippen LogP contribution < -0.4 is 0 Å². The van der Waals surface area contributed by atoms with E-state index in [0.29, 0.717) is 0 Å². The standard InChI is InChI=1S/C19H29FN2/c1-21-11-8-17(9-12-21)14-22-10-2-3-18(15-22)13-16-4-6-19(20)7-5-16/h4-7,17-18H,2-3,8-15H2,1H3/t18-/m0/s1. The lowest BCUT2D eigenvalue weighted by Crippen LogP contribution is -2.42. The second-order valence-corrected chi connectivity index (χ2v) is 7.35. The van der Waals surface area contributed by atoms with Crippen LogP contribution in [0.25, 0.3) is 0 Å². The lowest BCUT2D eigenvalue weighted by atomic mass is 9.89. The zero-order chi connectivity index (χ0) is 15.4. The number of benzene rings is 1. The fraction of sp³-hybridized carbons (Fsp3) is 0.684. The molecule has 0 aliphatic carbocycles. The average Bonchev–Trinajstić information content (AvgIpc) is 2.52. The van der Waals surface area contributed by atoms with Gasteiger partial charge in [-0.25, -0.2) is 4.39 Å². The third-order valence-electron chi connectivity index (χ3n) is 5.40. The maximum absolute atomic E-state index is 13.0. The Balaban J connectivity index is 1.47. The summed E-state index contributed by atoms with van der Waals surface area (Å²) in [4.78, 5) is 5.14. The van der Waals surface area contributed by atoms with Crippen molar-refractivity contribution in [2.75, 3.05) is 39.8 Å². The van der Waals surface area contributed by atoms with Crippen LogP contribution in [-0.4, -0.2) is 49.6 Å². The van der Waals surface area contributed by atoms with Gasteiger partial charge >= 0.3 is 0 Å². The molecule has 3 heteroatoms. The van der Waals surface area contributed by atoms with Crippen molar-refractivity contribution >= 4 is 0 Å². The van der Waals surface area contributed by atoms with E-state index in [1.807, 2.05) is 12.1 Å². The van der Waals surface area contributed by atoms with Gasteiger partial charge in [0.1, 0.15) is 5.82 Å². The first-order valence-corrected chi connectivity index (χ1v) is 8.84. The Morgan fingerprint density at radius 1 is 1.00 bits per heavy atom. The molecule has 2 nitrogen and oxygen atoms in total. The van der Waals surface area contributed by atoms with E-state index < -0.39 is 0 Å². The predicted octanol–water partition coefficient (Wildman–Crippen LogP) is 3.42. The number of hydrogen-bond acceptors (Lipinski definition) is 2. The first-order valence-electron chi connectivity index (χ1n) is 8.84.